The quantitative estimate of drug-likeness (QED) is 0.796. The van der Waals surface area contributed by atoms with Crippen molar-refractivity contribution in [2.45, 2.75) is 26.3 Å². The molecule has 3 heteroatoms. The number of anilines is 1. The number of hydrogen-bond acceptors (Lipinski definition) is 3. The molecule has 0 fully saturated rings. The molecule has 3 nitrogen and oxygen atoms in total. The Kier molecular flexibility index (Phi) is 3.47. The summed E-state index contributed by atoms with van der Waals surface area (Å²) < 4.78 is 0. The van der Waals surface area contributed by atoms with Crippen LogP contribution in [0.4, 0.5) is 5.82 Å². The molecule has 0 saturated heterocycles. The van der Waals surface area contributed by atoms with Gasteiger partial charge < -0.3 is 10.6 Å². The molecule has 0 spiro atoms. The van der Waals surface area contributed by atoms with Gasteiger partial charge in [0.25, 0.3) is 0 Å². The molecule has 0 aliphatic heterocycles. The Bertz CT molecular complexity index is 307. The Hall–Kier alpha value is -1.09. The van der Waals surface area contributed by atoms with E-state index in [0.717, 1.165) is 17.8 Å². The second-order valence-corrected chi connectivity index (χ2v) is 3.81. The largest absolute Gasteiger partial charge is 0.363 e. The molecule has 0 bridgehead atoms. The van der Waals surface area contributed by atoms with E-state index in [1.807, 2.05) is 25.2 Å². The zero-order chi connectivity index (χ0) is 10.7. The number of hydrogen-bond donors (Lipinski definition) is 1. The minimum Gasteiger partial charge on any atom is -0.363 e. The number of aromatic nitrogens is 1. The SMILES string of the molecule is CC[C@@H](N)c1cnc(N(C)C)cc1C. The highest BCUT2D eigenvalue weighted by Crippen LogP contribution is 2.20. The zero-order valence-electron chi connectivity index (χ0n) is 9.41. The number of nitrogens with zero attached hydrogens (tertiary/aromatic N) is 2. The van der Waals surface area contributed by atoms with E-state index >= 15 is 0 Å². The molecule has 0 unspecified atom stereocenters. The lowest BCUT2D eigenvalue weighted by atomic mass is 10.0. The van der Waals surface area contributed by atoms with Crippen LogP contribution in [-0.2, 0) is 0 Å². The van der Waals surface area contributed by atoms with E-state index in [4.69, 9.17) is 5.73 Å². The number of nitrogens with two attached hydrogens (primary N) is 1. The van der Waals surface area contributed by atoms with Gasteiger partial charge in [-0.05, 0) is 30.5 Å². The average Bonchev–Trinajstić information content (AvgIpc) is 2.16. The van der Waals surface area contributed by atoms with Gasteiger partial charge in [0.1, 0.15) is 5.82 Å². The predicted molar refractivity (Wildman–Crippen MR) is 60.5 cm³/mol. The van der Waals surface area contributed by atoms with Crippen molar-refractivity contribution >= 4 is 5.82 Å². The maximum absolute atomic E-state index is 5.97. The van der Waals surface area contributed by atoms with Gasteiger partial charge in [-0.1, -0.05) is 6.92 Å². The highest BCUT2D eigenvalue weighted by molar-refractivity contribution is 5.42. The normalized spacial score (nSPS) is 12.6. The third-order valence-corrected chi connectivity index (χ3v) is 2.43. The van der Waals surface area contributed by atoms with Crippen molar-refractivity contribution in [1.29, 1.82) is 0 Å². The molecule has 0 amide bonds. The van der Waals surface area contributed by atoms with Crippen LogP contribution in [0.5, 0.6) is 0 Å². The van der Waals surface area contributed by atoms with Gasteiger partial charge in [0, 0.05) is 26.3 Å². The number of aryl methyl sites for hydroxylation is 1. The minimum absolute atomic E-state index is 0.110. The van der Waals surface area contributed by atoms with Crippen molar-refractivity contribution < 1.29 is 0 Å². The molecule has 1 rings (SSSR count). The van der Waals surface area contributed by atoms with Crippen LogP contribution < -0.4 is 10.6 Å². The molecule has 0 aliphatic rings. The molecule has 1 aromatic heterocycles. The van der Waals surface area contributed by atoms with Gasteiger partial charge in [0.15, 0.2) is 0 Å². The molecule has 1 heterocycles. The highest BCUT2D eigenvalue weighted by atomic mass is 15.1. The van der Waals surface area contributed by atoms with E-state index in [1.54, 1.807) is 0 Å². The third kappa shape index (κ3) is 2.23. The van der Waals surface area contributed by atoms with Crippen molar-refractivity contribution in [1.82, 2.24) is 4.98 Å². The summed E-state index contributed by atoms with van der Waals surface area (Å²) in [6.07, 6.45) is 2.84. The molecule has 1 aromatic rings. The molecule has 1 atom stereocenters. The predicted octanol–water partition coefficient (Wildman–Crippen LogP) is 1.87. The third-order valence-electron chi connectivity index (χ3n) is 2.43. The van der Waals surface area contributed by atoms with Crippen LogP contribution >= 0.6 is 0 Å². The summed E-state index contributed by atoms with van der Waals surface area (Å²) in [7, 11) is 3.97. The maximum Gasteiger partial charge on any atom is 0.128 e. The molecule has 0 aliphatic carbocycles. The fraction of sp³-hybridized carbons (Fsp3) is 0.545. The van der Waals surface area contributed by atoms with E-state index < -0.39 is 0 Å². The van der Waals surface area contributed by atoms with Crippen LogP contribution in [0, 0.1) is 6.92 Å². The van der Waals surface area contributed by atoms with Crippen LogP contribution in [-0.4, -0.2) is 19.1 Å². The molecule has 0 radical (unpaired) electrons. The Labute approximate surface area is 85.9 Å². The van der Waals surface area contributed by atoms with Crippen LogP contribution in [0.25, 0.3) is 0 Å². The Morgan fingerprint density at radius 1 is 1.50 bits per heavy atom. The molecule has 2 N–H and O–H groups in total. The van der Waals surface area contributed by atoms with Crippen molar-refractivity contribution in [2.75, 3.05) is 19.0 Å². The van der Waals surface area contributed by atoms with E-state index in [2.05, 4.69) is 24.9 Å². The highest BCUT2D eigenvalue weighted by Gasteiger charge is 2.08. The molecule has 0 aromatic carbocycles. The van der Waals surface area contributed by atoms with Crippen LogP contribution in [0.3, 0.4) is 0 Å². The first-order valence-corrected chi connectivity index (χ1v) is 4.95. The van der Waals surface area contributed by atoms with Gasteiger partial charge in [-0.15, -0.1) is 0 Å². The zero-order valence-corrected chi connectivity index (χ0v) is 9.41. The first kappa shape index (κ1) is 11.0. The van der Waals surface area contributed by atoms with E-state index in [-0.39, 0.29) is 6.04 Å². The smallest absolute Gasteiger partial charge is 0.128 e. The standard InChI is InChI=1S/C11H19N3/c1-5-10(12)9-7-13-11(14(3)4)6-8(9)2/h6-7,10H,5,12H2,1-4H3/t10-/m1/s1. The van der Waals surface area contributed by atoms with Gasteiger partial charge in [0.05, 0.1) is 0 Å². The van der Waals surface area contributed by atoms with E-state index in [1.165, 1.54) is 5.56 Å². The molecular weight excluding hydrogens is 174 g/mol. The fourth-order valence-corrected chi connectivity index (χ4v) is 1.40. The summed E-state index contributed by atoms with van der Waals surface area (Å²) in [5.74, 6) is 0.981. The van der Waals surface area contributed by atoms with Crippen LogP contribution in [0.15, 0.2) is 12.3 Å². The lowest BCUT2D eigenvalue weighted by Crippen LogP contribution is -2.14. The summed E-state index contributed by atoms with van der Waals surface area (Å²) in [5, 5.41) is 0. The molecule has 14 heavy (non-hydrogen) atoms. The topological polar surface area (TPSA) is 42.1 Å². The van der Waals surface area contributed by atoms with Gasteiger partial charge in [-0.25, -0.2) is 4.98 Å². The Balaban J connectivity index is 3.01. The van der Waals surface area contributed by atoms with Gasteiger partial charge in [-0.2, -0.15) is 0 Å². The molecule has 0 saturated carbocycles. The van der Waals surface area contributed by atoms with Gasteiger partial charge in [0.2, 0.25) is 0 Å². The van der Waals surface area contributed by atoms with Crippen molar-refractivity contribution in [3.8, 4) is 0 Å². The second kappa shape index (κ2) is 4.42. The lowest BCUT2D eigenvalue weighted by Gasteiger charge is -2.16. The summed E-state index contributed by atoms with van der Waals surface area (Å²) >= 11 is 0. The van der Waals surface area contributed by atoms with E-state index in [0.29, 0.717) is 0 Å². The van der Waals surface area contributed by atoms with Crippen molar-refractivity contribution in [2.24, 2.45) is 5.73 Å². The Morgan fingerprint density at radius 3 is 2.57 bits per heavy atom. The van der Waals surface area contributed by atoms with Crippen LogP contribution in [0.1, 0.15) is 30.5 Å². The molecule has 78 valence electrons. The first-order valence-electron chi connectivity index (χ1n) is 4.95. The summed E-state index contributed by atoms with van der Waals surface area (Å²) in [6.45, 7) is 4.17. The lowest BCUT2D eigenvalue weighted by molar-refractivity contribution is 0.690. The van der Waals surface area contributed by atoms with Gasteiger partial charge >= 0.3 is 0 Å². The monoisotopic (exact) mass is 193 g/mol. The Morgan fingerprint density at radius 2 is 2.14 bits per heavy atom. The van der Waals surface area contributed by atoms with Gasteiger partial charge in [-0.3, -0.25) is 0 Å². The first-order chi connectivity index (χ1) is 6.56. The van der Waals surface area contributed by atoms with Crippen molar-refractivity contribution in [3.05, 3.63) is 23.4 Å². The summed E-state index contributed by atoms with van der Waals surface area (Å²) in [5.41, 5.74) is 8.34. The maximum atomic E-state index is 5.97. The van der Waals surface area contributed by atoms with Crippen LogP contribution in [0.2, 0.25) is 0 Å². The summed E-state index contributed by atoms with van der Waals surface area (Å²) in [6, 6.07) is 2.18. The fourth-order valence-electron chi connectivity index (χ4n) is 1.40. The number of pyridine rings is 1. The van der Waals surface area contributed by atoms with E-state index in [9.17, 15) is 0 Å². The van der Waals surface area contributed by atoms with Crippen molar-refractivity contribution in [3.63, 3.8) is 0 Å². The number of rotatable bonds is 3. The molecular formula is C11H19N3. The summed E-state index contributed by atoms with van der Waals surface area (Å²) in [4.78, 5) is 6.35. The average molecular weight is 193 g/mol. The second-order valence-electron chi connectivity index (χ2n) is 3.81. The minimum atomic E-state index is 0.110.